The molecule has 0 aromatic heterocycles. The predicted molar refractivity (Wildman–Crippen MR) is 116 cm³/mol. The highest BCUT2D eigenvalue weighted by atomic mass is 19.1. The van der Waals surface area contributed by atoms with Crippen molar-refractivity contribution in [3.63, 3.8) is 0 Å². The summed E-state index contributed by atoms with van der Waals surface area (Å²) >= 11 is 0. The van der Waals surface area contributed by atoms with Crippen molar-refractivity contribution in [2.24, 2.45) is 10.9 Å². The van der Waals surface area contributed by atoms with E-state index in [1.54, 1.807) is 18.2 Å². The number of benzene rings is 2. The molecule has 0 amide bonds. The van der Waals surface area contributed by atoms with Crippen LogP contribution in [0.25, 0.3) is 5.70 Å². The van der Waals surface area contributed by atoms with Gasteiger partial charge in [0.2, 0.25) is 5.90 Å². The van der Waals surface area contributed by atoms with Gasteiger partial charge in [0.1, 0.15) is 12.2 Å². The van der Waals surface area contributed by atoms with Crippen LogP contribution in [0.4, 0.5) is 10.1 Å². The summed E-state index contributed by atoms with van der Waals surface area (Å²) in [6.45, 7) is 6.61. The first-order chi connectivity index (χ1) is 14.6. The van der Waals surface area contributed by atoms with Gasteiger partial charge < -0.3 is 15.1 Å². The SMILES string of the molecule is C=C(N=C(ON)c1ccc(N2CC(F)C2)c(C#N)c1)c1ccc2c(c1)CCNCC2. The van der Waals surface area contributed by atoms with Gasteiger partial charge in [-0.05, 0) is 66.9 Å². The van der Waals surface area contributed by atoms with Crippen LogP contribution in [0.15, 0.2) is 48.0 Å². The van der Waals surface area contributed by atoms with Crippen LogP contribution in [0.5, 0.6) is 0 Å². The van der Waals surface area contributed by atoms with E-state index < -0.39 is 6.17 Å². The number of aliphatic imine (C=N–C) groups is 1. The van der Waals surface area contributed by atoms with Crippen molar-refractivity contribution < 1.29 is 9.23 Å². The second-order valence-electron chi connectivity index (χ2n) is 7.56. The number of rotatable bonds is 4. The van der Waals surface area contributed by atoms with Crippen molar-refractivity contribution in [2.75, 3.05) is 31.1 Å². The number of nitrogens with zero attached hydrogens (tertiary/aromatic N) is 3. The zero-order valence-electron chi connectivity index (χ0n) is 16.7. The largest absolute Gasteiger partial charge is 0.391 e. The minimum Gasteiger partial charge on any atom is -0.391 e. The second kappa shape index (κ2) is 8.66. The highest BCUT2D eigenvalue weighted by Gasteiger charge is 2.28. The number of hydrogen-bond acceptors (Lipinski definition) is 6. The fraction of sp³-hybridized carbons (Fsp3) is 0.304. The monoisotopic (exact) mass is 405 g/mol. The van der Waals surface area contributed by atoms with Crippen LogP contribution in [0.2, 0.25) is 0 Å². The van der Waals surface area contributed by atoms with E-state index in [-0.39, 0.29) is 5.90 Å². The van der Waals surface area contributed by atoms with Crippen molar-refractivity contribution in [3.05, 3.63) is 70.8 Å². The number of nitrogens with one attached hydrogen (secondary N) is 1. The maximum atomic E-state index is 13.2. The molecule has 2 aliphatic heterocycles. The van der Waals surface area contributed by atoms with Gasteiger partial charge in [-0.3, -0.25) is 0 Å². The minimum absolute atomic E-state index is 0.173. The number of hydrogen-bond donors (Lipinski definition) is 2. The normalized spacial score (nSPS) is 16.8. The molecular formula is C23H24FN5O. The summed E-state index contributed by atoms with van der Waals surface area (Å²) in [6.07, 6.45) is 1.12. The molecule has 6 nitrogen and oxygen atoms in total. The Morgan fingerprint density at radius 3 is 2.60 bits per heavy atom. The summed E-state index contributed by atoms with van der Waals surface area (Å²) in [5.74, 6) is 5.66. The van der Waals surface area contributed by atoms with Crippen molar-refractivity contribution in [1.82, 2.24) is 5.32 Å². The molecule has 3 N–H and O–H groups in total. The summed E-state index contributed by atoms with van der Waals surface area (Å²) in [5.41, 5.74) is 5.75. The molecule has 0 spiro atoms. The molecule has 2 aromatic carbocycles. The fourth-order valence-corrected chi connectivity index (χ4v) is 3.86. The van der Waals surface area contributed by atoms with Crippen LogP contribution >= 0.6 is 0 Å². The fourth-order valence-electron chi connectivity index (χ4n) is 3.86. The van der Waals surface area contributed by atoms with Crippen molar-refractivity contribution in [3.8, 4) is 6.07 Å². The highest BCUT2D eigenvalue weighted by molar-refractivity contribution is 5.98. The molecule has 4 rings (SSSR count). The summed E-state index contributed by atoms with van der Waals surface area (Å²) in [6, 6.07) is 13.6. The van der Waals surface area contributed by atoms with Gasteiger partial charge in [0.25, 0.3) is 0 Å². The zero-order chi connectivity index (χ0) is 21.1. The molecule has 0 unspecified atom stereocenters. The number of nitriles is 1. The van der Waals surface area contributed by atoms with Crippen LogP contribution in [0.3, 0.4) is 0 Å². The summed E-state index contributed by atoms with van der Waals surface area (Å²) in [7, 11) is 0. The molecule has 2 aliphatic rings. The summed E-state index contributed by atoms with van der Waals surface area (Å²) < 4.78 is 13.2. The Morgan fingerprint density at radius 1 is 1.17 bits per heavy atom. The van der Waals surface area contributed by atoms with Gasteiger partial charge in [-0.25, -0.2) is 9.38 Å². The van der Waals surface area contributed by atoms with Crippen LogP contribution < -0.4 is 16.1 Å². The Hall–Kier alpha value is -3.21. The van der Waals surface area contributed by atoms with E-state index in [0.29, 0.717) is 35.6 Å². The van der Waals surface area contributed by atoms with Crippen molar-refractivity contribution in [1.29, 1.82) is 5.26 Å². The Bertz CT molecular complexity index is 1040. The lowest BCUT2D eigenvalue weighted by atomic mass is 9.99. The third-order valence-electron chi connectivity index (χ3n) is 5.57. The second-order valence-corrected chi connectivity index (χ2v) is 7.56. The molecule has 0 bridgehead atoms. The first-order valence-corrected chi connectivity index (χ1v) is 10.00. The van der Waals surface area contributed by atoms with E-state index in [4.69, 9.17) is 10.7 Å². The number of fused-ring (bicyclic) bond motifs is 1. The average molecular weight is 405 g/mol. The first kappa shape index (κ1) is 20.1. The van der Waals surface area contributed by atoms with Crippen LogP contribution in [0.1, 0.15) is 27.8 Å². The minimum atomic E-state index is -0.847. The van der Waals surface area contributed by atoms with Crippen molar-refractivity contribution in [2.45, 2.75) is 19.0 Å². The molecule has 30 heavy (non-hydrogen) atoms. The standard InChI is InChI=1S/C23H24FN5O/c1-15(17-3-2-16-6-8-27-9-7-18(16)10-17)28-23(30-26)19-4-5-22(20(11-19)12-25)29-13-21(24)14-29/h2-5,10-11,21,27H,1,6-9,13-14,26H2. The summed E-state index contributed by atoms with van der Waals surface area (Å²) in [4.78, 5) is 11.3. The molecule has 2 heterocycles. The Kier molecular flexibility index (Phi) is 5.79. The third-order valence-corrected chi connectivity index (χ3v) is 5.57. The van der Waals surface area contributed by atoms with Gasteiger partial charge >= 0.3 is 0 Å². The maximum Gasteiger partial charge on any atom is 0.245 e. The van der Waals surface area contributed by atoms with Gasteiger partial charge in [-0.1, -0.05) is 18.7 Å². The predicted octanol–water partition coefficient (Wildman–Crippen LogP) is 2.71. The van der Waals surface area contributed by atoms with E-state index >= 15 is 0 Å². The molecule has 2 aromatic rings. The molecule has 0 saturated carbocycles. The number of nitrogens with two attached hydrogens (primary N) is 1. The van der Waals surface area contributed by atoms with Crippen LogP contribution in [0, 0.1) is 11.3 Å². The molecule has 7 heteroatoms. The number of halogens is 1. The molecule has 0 radical (unpaired) electrons. The van der Waals surface area contributed by atoms with Crippen LogP contribution in [-0.4, -0.2) is 38.2 Å². The maximum absolute atomic E-state index is 13.2. The van der Waals surface area contributed by atoms with E-state index in [1.807, 2.05) is 11.0 Å². The Labute approximate surface area is 175 Å². The zero-order valence-corrected chi connectivity index (χ0v) is 16.7. The van der Waals surface area contributed by atoms with E-state index in [1.165, 1.54) is 11.1 Å². The smallest absolute Gasteiger partial charge is 0.245 e. The molecule has 0 aliphatic carbocycles. The molecule has 1 saturated heterocycles. The van der Waals surface area contributed by atoms with Gasteiger partial charge in [-0.2, -0.15) is 11.2 Å². The highest BCUT2D eigenvalue weighted by Crippen LogP contribution is 2.28. The Balaban J connectivity index is 1.60. The van der Waals surface area contributed by atoms with E-state index in [9.17, 15) is 9.65 Å². The summed E-state index contributed by atoms with van der Waals surface area (Å²) in [5, 5.41) is 12.9. The molecule has 0 atom stereocenters. The number of anilines is 1. The Morgan fingerprint density at radius 2 is 1.90 bits per heavy atom. The lowest BCUT2D eigenvalue weighted by Gasteiger charge is -2.36. The quantitative estimate of drug-likeness (QED) is 0.464. The number of alkyl halides is 1. The average Bonchev–Trinajstić information content (AvgIpc) is 2.99. The third kappa shape index (κ3) is 4.06. The first-order valence-electron chi connectivity index (χ1n) is 10.00. The molecule has 154 valence electrons. The van der Waals surface area contributed by atoms with E-state index in [0.717, 1.165) is 31.5 Å². The van der Waals surface area contributed by atoms with Gasteiger partial charge in [0.05, 0.1) is 30.0 Å². The lowest BCUT2D eigenvalue weighted by molar-refractivity contribution is 0.275. The molecule has 1 fully saturated rings. The van der Waals surface area contributed by atoms with Crippen LogP contribution in [-0.2, 0) is 17.7 Å². The lowest BCUT2D eigenvalue weighted by Crippen LogP contribution is -2.48. The van der Waals surface area contributed by atoms with Crippen molar-refractivity contribution >= 4 is 17.3 Å². The van der Waals surface area contributed by atoms with E-state index in [2.05, 4.69) is 35.1 Å². The topological polar surface area (TPSA) is 86.7 Å². The van der Waals surface area contributed by atoms with Gasteiger partial charge in [0.15, 0.2) is 0 Å². The van der Waals surface area contributed by atoms with Gasteiger partial charge in [0, 0.05) is 5.56 Å². The molecular weight excluding hydrogens is 381 g/mol. The van der Waals surface area contributed by atoms with Gasteiger partial charge in [-0.15, -0.1) is 0 Å².